The molecule has 0 aliphatic rings. The molecule has 2 aromatic rings. The fourth-order valence-electron chi connectivity index (χ4n) is 1.43. The highest BCUT2D eigenvalue weighted by Crippen LogP contribution is 2.15. The Morgan fingerprint density at radius 2 is 2.29 bits per heavy atom. The smallest absolute Gasteiger partial charge is 0.158 e. The van der Waals surface area contributed by atoms with E-state index in [1.165, 1.54) is 16.0 Å². The summed E-state index contributed by atoms with van der Waals surface area (Å²) in [6, 6.07) is 8.57. The van der Waals surface area contributed by atoms with Crippen LogP contribution in [0.3, 0.4) is 0 Å². The number of nitrogens with one attached hydrogen (secondary N) is 1. The molecule has 0 amide bonds. The molecular formula is C11H11NS2. The van der Waals surface area contributed by atoms with Crippen LogP contribution in [0.4, 0.5) is 0 Å². The van der Waals surface area contributed by atoms with Crippen molar-refractivity contribution in [2.24, 2.45) is 0 Å². The quantitative estimate of drug-likeness (QED) is 0.764. The Morgan fingerprint density at radius 1 is 1.43 bits per heavy atom. The average Bonchev–Trinajstić information content (AvgIpc) is 2.51. The molecule has 0 aliphatic heterocycles. The molecule has 72 valence electrons. The fraction of sp³-hybridized carbons (Fsp3) is 0.182. The molecule has 1 nitrogen and oxygen atoms in total. The highest BCUT2D eigenvalue weighted by molar-refractivity contribution is 7.73. The van der Waals surface area contributed by atoms with Crippen molar-refractivity contribution in [1.82, 2.24) is 4.98 Å². The molecule has 1 aromatic heterocycles. The lowest BCUT2D eigenvalue weighted by molar-refractivity contribution is 1.20. The Morgan fingerprint density at radius 3 is 2.93 bits per heavy atom. The predicted molar refractivity (Wildman–Crippen MR) is 63.5 cm³/mol. The molecule has 1 aromatic carbocycles. The van der Waals surface area contributed by atoms with E-state index in [1.54, 1.807) is 11.3 Å². The molecule has 0 atom stereocenters. The molecule has 14 heavy (non-hydrogen) atoms. The van der Waals surface area contributed by atoms with E-state index in [9.17, 15) is 0 Å². The van der Waals surface area contributed by atoms with E-state index >= 15 is 0 Å². The molecule has 0 aliphatic carbocycles. The summed E-state index contributed by atoms with van der Waals surface area (Å²) in [5.41, 5.74) is 2.65. The van der Waals surface area contributed by atoms with Gasteiger partial charge in [-0.25, -0.2) is 0 Å². The van der Waals surface area contributed by atoms with E-state index < -0.39 is 0 Å². The summed E-state index contributed by atoms with van der Waals surface area (Å²) < 4.78 is 0.854. The van der Waals surface area contributed by atoms with E-state index in [1.807, 2.05) is 6.20 Å². The molecule has 0 saturated carbocycles. The van der Waals surface area contributed by atoms with Crippen molar-refractivity contribution in [1.29, 1.82) is 0 Å². The molecular weight excluding hydrogens is 210 g/mol. The second kappa shape index (κ2) is 4.07. The minimum atomic E-state index is 0.854. The van der Waals surface area contributed by atoms with Gasteiger partial charge in [-0.05, 0) is 24.7 Å². The van der Waals surface area contributed by atoms with E-state index in [2.05, 4.69) is 36.2 Å². The maximum absolute atomic E-state index is 5.04. The standard InChI is InChI=1S/C11H11NS2/c1-8-3-2-4-9(5-8)6-10-7-12-11(13)14-10/h2-5,7H,6H2,1H3,(H,12,13). The molecule has 0 saturated heterocycles. The minimum absolute atomic E-state index is 0.854. The Kier molecular flexibility index (Phi) is 2.79. The first-order valence-electron chi connectivity index (χ1n) is 4.47. The van der Waals surface area contributed by atoms with Gasteiger partial charge < -0.3 is 4.98 Å². The van der Waals surface area contributed by atoms with Gasteiger partial charge in [-0.15, -0.1) is 11.3 Å². The lowest BCUT2D eigenvalue weighted by Crippen LogP contribution is -1.84. The normalized spacial score (nSPS) is 10.4. The number of benzene rings is 1. The number of aromatic amines is 1. The molecule has 1 N–H and O–H groups in total. The van der Waals surface area contributed by atoms with Gasteiger partial charge in [-0.2, -0.15) is 0 Å². The molecule has 0 unspecified atom stereocenters. The van der Waals surface area contributed by atoms with Gasteiger partial charge in [0.25, 0.3) is 0 Å². The first-order valence-corrected chi connectivity index (χ1v) is 5.69. The first-order chi connectivity index (χ1) is 6.74. The van der Waals surface area contributed by atoms with Gasteiger partial charge in [0.1, 0.15) is 0 Å². The molecule has 0 radical (unpaired) electrons. The molecule has 2 rings (SSSR count). The zero-order chi connectivity index (χ0) is 9.97. The SMILES string of the molecule is Cc1cccc(Cc2c[nH]c(=S)s2)c1. The summed E-state index contributed by atoms with van der Waals surface area (Å²) in [4.78, 5) is 4.33. The maximum Gasteiger partial charge on any atom is 0.158 e. The number of rotatable bonds is 2. The third kappa shape index (κ3) is 2.30. The highest BCUT2D eigenvalue weighted by Gasteiger charge is 1.98. The van der Waals surface area contributed by atoms with Crippen molar-refractivity contribution in [2.75, 3.05) is 0 Å². The topological polar surface area (TPSA) is 15.8 Å². The lowest BCUT2D eigenvalue weighted by Gasteiger charge is -1.99. The number of thiazole rings is 1. The fourth-order valence-corrected chi connectivity index (χ4v) is 2.52. The van der Waals surface area contributed by atoms with Crippen LogP contribution >= 0.6 is 23.6 Å². The summed E-state index contributed by atoms with van der Waals surface area (Å²) in [5, 5.41) is 0. The van der Waals surface area contributed by atoms with E-state index in [4.69, 9.17) is 12.2 Å². The van der Waals surface area contributed by atoms with Crippen LogP contribution in [0, 0.1) is 10.9 Å². The lowest BCUT2D eigenvalue weighted by atomic mass is 10.1. The van der Waals surface area contributed by atoms with Crippen LogP contribution in [0.2, 0.25) is 0 Å². The Labute approximate surface area is 92.4 Å². The van der Waals surface area contributed by atoms with Crippen molar-refractivity contribution in [3.05, 3.63) is 50.4 Å². The van der Waals surface area contributed by atoms with Crippen molar-refractivity contribution in [3.63, 3.8) is 0 Å². The second-order valence-electron chi connectivity index (χ2n) is 3.31. The van der Waals surface area contributed by atoms with Crippen molar-refractivity contribution < 1.29 is 0 Å². The summed E-state index contributed by atoms with van der Waals surface area (Å²) in [7, 11) is 0. The van der Waals surface area contributed by atoms with Crippen molar-refractivity contribution in [3.8, 4) is 0 Å². The van der Waals surface area contributed by atoms with Gasteiger partial charge in [0.2, 0.25) is 0 Å². The summed E-state index contributed by atoms with van der Waals surface area (Å²) in [6.07, 6.45) is 2.97. The van der Waals surface area contributed by atoms with Crippen molar-refractivity contribution in [2.45, 2.75) is 13.3 Å². The van der Waals surface area contributed by atoms with Crippen LogP contribution in [0.1, 0.15) is 16.0 Å². The summed E-state index contributed by atoms with van der Waals surface area (Å²) >= 11 is 6.69. The van der Waals surface area contributed by atoms with Gasteiger partial charge in [0.15, 0.2) is 3.95 Å². The largest absolute Gasteiger partial charge is 0.343 e. The van der Waals surface area contributed by atoms with Crippen LogP contribution in [0.25, 0.3) is 0 Å². The summed E-state index contributed by atoms with van der Waals surface area (Å²) in [5.74, 6) is 0. The number of hydrogen-bond acceptors (Lipinski definition) is 2. The monoisotopic (exact) mass is 221 g/mol. The van der Waals surface area contributed by atoms with Gasteiger partial charge in [0.05, 0.1) is 0 Å². The number of aromatic nitrogens is 1. The Balaban J connectivity index is 2.22. The zero-order valence-corrected chi connectivity index (χ0v) is 9.54. The summed E-state index contributed by atoms with van der Waals surface area (Å²) in [6.45, 7) is 2.11. The van der Waals surface area contributed by atoms with Crippen molar-refractivity contribution >= 4 is 23.6 Å². The minimum Gasteiger partial charge on any atom is -0.343 e. The van der Waals surface area contributed by atoms with Crippen LogP contribution in [-0.4, -0.2) is 4.98 Å². The van der Waals surface area contributed by atoms with E-state index in [0.29, 0.717) is 0 Å². The van der Waals surface area contributed by atoms with E-state index in [0.717, 1.165) is 10.4 Å². The second-order valence-corrected chi connectivity index (χ2v) is 5.11. The molecule has 0 fully saturated rings. The average molecular weight is 221 g/mol. The Hall–Kier alpha value is -0.930. The van der Waals surface area contributed by atoms with Gasteiger partial charge in [-0.1, -0.05) is 29.8 Å². The highest BCUT2D eigenvalue weighted by atomic mass is 32.1. The predicted octanol–water partition coefficient (Wildman–Crippen LogP) is 3.70. The molecule has 3 heteroatoms. The molecule has 0 bridgehead atoms. The third-order valence-corrected chi connectivity index (χ3v) is 3.23. The number of aryl methyl sites for hydroxylation is 1. The van der Waals surface area contributed by atoms with Gasteiger partial charge in [-0.3, -0.25) is 0 Å². The first kappa shape index (κ1) is 9.62. The Bertz CT molecular complexity index is 482. The molecule has 1 heterocycles. The van der Waals surface area contributed by atoms with E-state index in [-0.39, 0.29) is 0 Å². The van der Waals surface area contributed by atoms with Crippen LogP contribution < -0.4 is 0 Å². The van der Waals surface area contributed by atoms with Crippen LogP contribution in [0.5, 0.6) is 0 Å². The zero-order valence-electron chi connectivity index (χ0n) is 7.91. The van der Waals surface area contributed by atoms with Gasteiger partial charge in [0, 0.05) is 17.5 Å². The van der Waals surface area contributed by atoms with Crippen LogP contribution in [0.15, 0.2) is 30.5 Å². The van der Waals surface area contributed by atoms with Crippen LogP contribution in [-0.2, 0) is 6.42 Å². The number of hydrogen-bond donors (Lipinski definition) is 1. The third-order valence-electron chi connectivity index (χ3n) is 2.04. The maximum atomic E-state index is 5.04. The van der Waals surface area contributed by atoms with Gasteiger partial charge >= 0.3 is 0 Å². The number of H-pyrrole nitrogens is 1. The molecule has 0 spiro atoms.